The normalized spacial score (nSPS) is 26.6. The second-order valence-corrected chi connectivity index (χ2v) is 3.79. The van der Waals surface area contributed by atoms with Crippen molar-refractivity contribution < 1.29 is 0 Å². The number of hydrogen-bond donors (Lipinski definition) is 0. The third-order valence-corrected chi connectivity index (χ3v) is 2.90. The lowest BCUT2D eigenvalue weighted by Crippen LogP contribution is -2.24. The Morgan fingerprint density at radius 2 is 2.25 bits per heavy atom. The van der Waals surface area contributed by atoms with Crippen molar-refractivity contribution in [3.05, 3.63) is 12.7 Å². The summed E-state index contributed by atoms with van der Waals surface area (Å²) in [5.74, 6) is 0.986. The molecule has 0 aromatic heterocycles. The van der Waals surface area contributed by atoms with E-state index in [1.54, 1.807) is 0 Å². The lowest BCUT2D eigenvalue weighted by atomic mass is 9.98. The van der Waals surface area contributed by atoms with Crippen molar-refractivity contribution in [1.82, 2.24) is 4.90 Å². The van der Waals surface area contributed by atoms with Crippen LogP contribution in [0.1, 0.15) is 32.6 Å². The van der Waals surface area contributed by atoms with E-state index in [1.807, 2.05) is 6.08 Å². The van der Waals surface area contributed by atoms with E-state index in [1.165, 1.54) is 38.8 Å². The molecule has 0 saturated carbocycles. The van der Waals surface area contributed by atoms with Crippen LogP contribution in [-0.2, 0) is 0 Å². The second kappa shape index (κ2) is 5.36. The minimum Gasteiger partial charge on any atom is -0.300 e. The van der Waals surface area contributed by atoms with Gasteiger partial charge in [0.15, 0.2) is 0 Å². The van der Waals surface area contributed by atoms with Crippen molar-refractivity contribution in [1.29, 1.82) is 0 Å². The Morgan fingerprint density at radius 1 is 1.42 bits per heavy atom. The summed E-state index contributed by atoms with van der Waals surface area (Å²) in [6, 6.07) is 0. The van der Waals surface area contributed by atoms with Crippen LogP contribution in [0, 0.1) is 5.92 Å². The molecule has 1 unspecified atom stereocenters. The molecule has 1 fully saturated rings. The van der Waals surface area contributed by atoms with Gasteiger partial charge in [0.25, 0.3) is 0 Å². The molecule has 0 spiro atoms. The Hall–Kier alpha value is -0.300. The summed E-state index contributed by atoms with van der Waals surface area (Å²) in [4.78, 5) is 2.52. The van der Waals surface area contributed by atoms with E-state index >= 15 is 0 Å². The van der Waals surface area contributed by atoms with Crippen LogP contribution in [0.25, 0.3) is 0 Å². The summed E-state index contributed by atoms with van der Waals surface area (Å²) in [6.45, 7) is 9.74. The van der Waals surface area contributed by atoms with Crippen molar-refractivity contribution in [2.24, 2.45) is 5.92 Å². The topological polar surface area (TPSA) is 3.24 Å². The van der Waals surface area contributed by atoms with Gasteiger partial charge in [0.05, 0.1) is 0 Å². The van der Waals surface area contributed by atoms with Gasteiger partial charge in [0, 0.05) is 6.54 Å². The van der Waals surface area contributed by atoms with Crippen LogP contribution in [0.3, 0.4) is 0 Å². The van der Waals surface area contributed by atoms with E-state index in [-0.39, 0.29) is 0 Å². The minimum atomic E-state index is 0.986. The van der Waals surface area contributed by atoms with Crippen molar-refractivity contribution >= 4 is 0 Å². The molecule has 1 saturated heterocycles. The minimum absolute atomic E-state index is 0.986. The molecule has 1 aliphatic rings. The van der Waals surface area contributed by atoms with Gasteiger partial charge >= 0.3 is 0 Å². The summed E-state index contributed by atoms with van der Waals surface area (Å²) in [6.07, 6.45) is 7.59. The molecule has 0 aromatic rings. The number of nitrogens with zero attached hydrogens (tertiary/aromatic N) is 1. The molecule has 0 aliphatic carbocycles. The Balaban J connectivity index is 2.28. The molecule has 0 aromatic carbocycles. The maximum absolute atomic E-state index is 3.78. The molecule has 0 N–H and O–H groups in total. The van der Waals surface area contributed by atoms with Crippen LogP contribution >= 0.6 is 0 Å². The van der Waals surface area contributed by atoms with E-state index < -0.39 is 0 Å². The molecule has 0 bridgehead atoms. The summed E-state index contributed by atoms with van der Waals surface area (Å²) in [5.41, 5.74) is 0. The number of likely N-dealkylation sites (tertiary alicyclic amines) is 1. The van der Waals surface area contributed by atoms with Gasteiger partial charge < -0.3 is 0 Å². The average molecular weight is 167 g/mol. The maximum atomic E-state index is 3.78. The van der Waals surface area contributed by atoms with E-state index in [4.69, 9.17) is 0 Å². The first-order valence-corrected chi connectivity index (χ1v) is 5.20. The molecule has 0 amide bonds. The van der Waals surface area contributed by atoms with Gasteiger partial charge in [-0.3, -0.25) is 4.90 Å². The quantitative estimate of drug-likeness (QED) is 0.584. The molecule has 1 nitrogen and oxygen atoms in total. The van der Waals surface area contributed by atoms with Gasteiger partial charge in [-0.15, -0.1) is 6.58 Å². The SMILES string of the molecule is C=CCN1CCCC(CC)CC1. The van der Waals surface area contributed by atoms with E-state index in [0.717, 1.165) is 12.5 Å². The fourth-order valence-corrected chi connectivity index (χ4v) is 2.00. The predicted octanol–water partition coefficient (Wildman–Crippen LogP) is 2.68. The lowest BCUT2D eigenvalue weighted by Gasteiger charge is -2.17. The molecule has 1 atom stereocenters. The predicted molar refractivity (Wildman–Crippen MR) is 54.3 cm³/mol. The zero-order valence-corrected chi connectivity index (χ0v) is 8.26. The monoisotopic (exact) mass is 167 g/mol. The van der Waals surface area contributed by atoms with Crippen molar-refractivity contribution in [2.75, 3.05) is 19.6 Å². The van der Waals surface area contributed by atoms with Crippen LogP contribution in [-0.4, -0.2) is 24.5 Å². The average Bonchev–Trinajstić information content (AvgIpc) is 2.31. The Kier molecular flexibility index (Phi) is 4.37. The van der Waals surface area contributed by atoms with Gasteiger partial charge in [0.2, 0.25) is 0 Å². The molecular formula is C11H21N. The van der Waals surface area contributed by atoms with E-state index in [9.17, 15) is 0 Å². The lowest BCUT2D eigenvalue weighted by molar-refractivity contribution is 0.309. The van der Waals surface area contributed by atoms with Gasteiger partial charge in [-0.25, -0.2) is 0 Å². The van der Waals surface area contributed by atoms with Crippen LogP contribution < -0.4 is 0 Å². The first-order chi connectivity index (χ1) is 5.86. The van der Waals surface area contributed by atoms with Crippen LogP contribution in [0.5, 0.6) is 0 Å². The molecular weight excluding hydrogens is 146 g/mol. The first-order valence-electron chi connectivity index (χ1n) is 5.20. The largest absolute Gasteiger partial charge is 0.300 e. The smallest absolute Gasteiger partial charge is 0.0160 e. The van der Waals surface area contributed by atoms with Gasteiger partial charge in [-0.2, -0.15) is 0 Å². The number of rotatable bonds is 3. The Bertz CT molecular complexity index is 131. The molecule has 1 heteroatoms. The summed E-state index contributed by atoms with van der Waals surface area (Å²) < 4.78 is 0. The maximum Gasteiger partial charge on any atom is 0.0160 e. The fraction of sp³-hybridized carbons (Fsp3) is 0.818. The zero-order chi connectivity index (χ0) is 8.81. The van der Waals surface area contributed by atoms with E-state index in [0.29, 0.717) is 0 Å². The van der Waals surface area contributed by atoms with Crippen molar-refractivity contribution in [3.63, 3.8) is 0 Å². The van der Waals surface area contributed by atoms with E-state index in [2.05, 4.69) is 18.4 Å². The van der Waals surface area contributed by atoms with Crippen LogP contribution in [0.15, 0.2) is 12.7 Å². The molecule has 0 radical (unpaired) electrons. The third kappa shape index (κ3) is 2.98. The zero-order valence-electron chi connectivity index (χ0n) is 8.26. The van der Waals surface area contributed by atoms with Crippen molar-refractivity contribution in [2.45, 2.75) is 32.6 Å². The highest BCUT2D eigenvalue weighted by molar-refractivity contribution is 4.76. The third-order valence-electron chi connectivity index (χ3n) is 2.90. The summed E-state index contributed by atoms with van der Waals surface area (Å²) in [5, 5.41) is 0. The molecule has 1 aliphatic heterocycles. The molecule has 70 valence electrons. The summed E-state index contributed by atoms with van der Waals surface area (Å²) in [7, 11) is 0. The van der Waals surface area contributed by atoms with Crippen LogP contribution in [0.2, 0.25) is 0 Å². The Labute approximate surface area is 76.5 Å². The van der Waals surface area contributed by atoms with Gasteiger partial charge in [-0.1, -0.05) is 19.4 Å². The number of hydrogen-bond acceptors (Lipinski definition) is 1. The highest BCUT2D eigenvalue weighted by atomic mass is 15.1. The fourth-order valence-electron chi connectivity index (χ4n) is 2.00. The highest BCUT2D eigenvalue weighted by Gasteiger charge is 2.13. The molecule has 1 rings (SSSR count). The molecule has 1 heterocycles. The second-order valence-electron chi connectivity index (χ2n) is 3.79. The molecule has 12 heavy (non-hydrogen) atoms. The van der Waals surface area contributed by atoms with Gasteiger partial charge in [-0.05, 0) is 38.3 Å². The van der Waals surface area contributed by atoms with Gasteiger partial charge in [0.1, 0.15) is 0 Å². The Morgan fingerprint density at radius 3 is 2.92 bits per heavy atom. The van der Waals surface area contributed by atoms with Crippen LogP contribution in [0.4, 0.5) is 0 Å². The highest BCUT2D eigenvalue weighted by Crippen LogP contribution is 2.19. The summed E-state index contributed by atoms with van der Waals surface area (Å²) >= 11 is 0. The first kappa shape index (κ1) is 9.79. The van der Waals surface area contributed by atoms with Crippen molar-refractivity contribution in [3.8, 4) is 0 Å². The standard InChI is InChI=1S/C11H21N/c1-3-8-12-9-5-6-11(4-2)7-10-12/h3,11H,1,4-10H2,2H3.